The van der Waals surface area contributed by atoms with Gasteiger partial charge in [0.25, 0.3) is 0 Å². The largest absolute Gasteiger partial charge is 0.354 e. The maximum atomic E-state index is 6.03. The average molecular weight is 209 g/mol. The van der Waals surface area contributed by atoms with E-state index in [0.29, 0.717) is 0 Å². The molecular weight excluding hydrogens is 190 g/mol. The summed E-state index contributed by atoms with van der Waals surface area (Å²) in [5.74, 6) is 0. The first kappa shape index (κ1) is 12.2. The first-order chi connectivity index (χ1) is 7.22. The molecule has 15 heavy (non-hydrogen) atoms. The summed E-state index contributed by atoms with van der Waals surface area (Å²) in [4.78, 5) is 0. The van der Waals surface area contributed by atoms with E-state index in [-0.39, 0.29) is 6.04 Å². The maximum Gasteiger partial charge on any atom is 0.175 e. The topological polar surface area (TPSA) is 44.5 Å². The predicted octanol–water partition coefficient (Wildman–Crippen LogP) is 1.87. The molecule has 0 bridgehead atoms. The Morgan fingerprint density at radius 1 is 1.27 bits per heavy atom. The lowest BCUT2D eigenvalue weighted by Gasteiger charge is -2.21. The van der Waals surface area contributed by atoms with Crippen molar-refractivity contribution >= 4 is 0 Å². The SMILES string of the molecule is CCc1cccc(C(N)C(OC)OC)c1. The van der Waals surface area contributed by atoms with E-state index < -0.39 is 6.29 Å². The summed E-state index contributed by atoms with van der Waals surface area (Å²) in [5, 5.41) is 0. The van der Waals surface area contributed by atoms with E-state index in [9.17, 15) is 0 Å². The summed E-state index contributed by atoms with van der Waals surface area (Å²) in [5.41, 5.74) is 8.35. The molecule has 1 unspecified atom stereocenters. The summed E-state index contributed by atoms with van der Waals surface area (Å²) in [6.07, 6.45) is 0.614. The van der Waals surface area contributed by atoms with Gasteiger partial charge in [0, 0.05) is 14.2 Å². The fourth-order valence-electron chi connectivity index (χ4n) is 1.57. The van der Waals surface area contributed by atoms with Crippen LogP contribution in [-0.2, 0) is 15.9 Å². The van der Waals surface area contributed by atoms with Gasteiger partial charge >= 0.3 is 0 Å². The molecule has 1 aromatic rings. The molecule has 0 aromatic heterocycles. The second-order valence-electron chi connectivity index (χ2n) is 3.46. The van der Waals surface area contributed by atoms with Crippen LogP contribution in [0.3, 0.4) is 0 Å². The van der Waals surface area contributed by atoms with Gasteiger partial charge in [-0.1, -0.05) is 31.2 Å². The van der Waals surface area contributed by atoms with Gasteiger partial charge in [-0.25, -0.2) is 0 Å². The second kappa shape index (κ2) is 5.85. The Hall–Kier alpha value is -0.900. The number of nitrogens with two attached hydrogens (primary N) is 1. The lowest BCUT2D eigenvalue weighted by atomic mass is 10.0. The summed E-state index contributed by atoms with van der Waals surface area (Å²) >= 11 is 0. The molecule has 1 rings (SSSR count). The molecule has 0 spiro atoms. The molecule has 0 fully saturated rings. The number of benzene rings is 1. The minimum atomic E-state index is -0.392. The van der Waals surface area contributed by atoms with Gasteiger partial charge in [0.2, 0.25) is 0 Å². The molecule has 0 aliphatic carbocycles. The first-order valence-corrected chi connectivity index (χ1v) is 5.13. The van der Waals surface area contributed by atoms with E-state index in [2.05, 4.69) is 19.1 Å². The maximum absolute atomic E-state index is 6.03. The smallest absolute Gasteiger partial charge is 0.175 e. The Bertz CT molecular complexity index is 297. The molecule has 0 saturated carbocycles. The monoisotopic (exact) mass is 209 g/mol. The zero-order valence-corrected chi connectivity index (χ0v) is 9.57. The highest BCUT2D eigenvalue weighted by molar-refractivity contribution is 5.26. The number of hydrogen-bond acceptors (Lipinski definition) is 3. The van der Waals surface area contributed by atoms with Crippen molar-refractivity contribution in [2.75, 3.05) is 14.2 Å². The van der Waals surface area contributed by atoms with Crippen LogP contribution in [0.15, 0.2) is 24.3 Å². The van der Waals surface area contributed by atoms with Crippen molar-refractivity contribution in [2.45, 2.75) is 25.7 Å². The van der Waals surface area contributed by atoms with E-state index in [4.69, 9.17) is 15.2 Å². The molecule has 0 aliphatic rings. The van der Waals surface area contributed by atoms with Crippen molar-refractivity contribution in [1.82, 2.24) is 0 Å². The Morgan fingerprint density at radius 3 is 2.47 bits per heavy atom. The van der Waals surface area contributed by atoms with Crippen LogP contribution in [0.4, 0.5) is 0 Å². The highest BCUT2D eigenvalue weighted by atomic mass is 16.7. The van der Waals surface area contributed by atoms with E-state index in [1.165, 1.54) is 5.56 Å². The van der Waals surface area contributed by atoms with Crippen LogP contribution in [0.5, 0.6) is 0 Å². The van der Waals surface area contributed by atoms with Crippen molar-refractivity contribution in [3.63, 3.8) is 0 Å². The van der Waals surface area contributed by atoms with Crippen molar-refractivity contribution in [1.29, 1.82) is 0 Å². The van der Waals surface area contributed by atoms with Gasteiger partial charge in [0.05, 0.1) is 6.04 Å². The molecule has 3 nitrogen and oxygen atoms in total. The lowest BCUT2D eigenvalue weighted by molar-refractivity contribution is -0.117. The summed E-state index contributed by atoms with van der Waals surface area (Å²) < 4.78 is 10.3. The molecule has 0 saturated heterocycles. The summed E-state index contributed by atoms with van der Waals surface area (Å²) in [6, 6.07) is 7.94. The Morgan fingerprint density at radius 2 is 1.93 bits per heavy atom. The highest BCUT2D eigenvalue weighted by Gasteiger charge is 2.18. The van der Waals surface area contributed by atoms with Crippen LogP contribution in [0.2, 0.25) is 0 Å². The van der Waals surface area contributed by atoms with Crippen LogP contribution in [0.1, 0.15) is 24.1 Å². The third kappa shape index (κ3) is 3.02. The molecular formula is C12H19NO2. The Balaban J connectivity index is 2.84. The normalized spacial score (nSPS) is 13.1. The standard InChI is InChI=1S/C12H19NO2/c1-4-9-6-5-7-10(8-9)11(13)12(14-2)15-3/h5-8,11-12H,4,13H2,1-3H3. The van der Waals surface area contributed by atoms with Gasteiger partial charge < -0.3 is 15.2 Å². The average Bonchev–Trinajstić information content (AvgIpc) is 2.30. The molecule has 0 aliphatic heterocycles. The number of methoxy groups -OCH3 is 2. The molecule has 3 heteroatoms. The minimum Gasteiger partial charge on any atom is -0.354 e. The Labute approximate surface area is 91.2 Å². The van der Waals surface area contributed by atoms with Crippen molar-refractivity contribution < 1.29 is 9.47 Å². The minimum absolute atomic E-state index is 0.244. The van der Waals surface area contributed by atoms with Gasteiger partial charge in [-0.05, 0) is 17.5 Å². The van der Waals surface area contributed by atoms with Gasteiger partial charge in [-0.3, -0.25) is 0 Å². The molecule has 84 valence electrons. The van der Waals surface area contributed by atoms with Gasteiger partial charge in [0.15, 0.2) is 6.29 Å². The van der Waals surface area contributed by atoms with E-state index in [1.807, 2.05) is 12.1 Å². The van der Waals surface area contributed by atoms with Crippen molar-refractivity contribution in [3.05, 3.63) is 35.4 Å². The summed E-state index contributed by atoms with van der Waals surface area (Å²) in [7, 11) is 3.19. The quantitative estimate of drug-likeness (QED) is 0.753. The van der Waals surface area contributed by atoms with Crippen LogP contribution in [0.25, 0.3) is 0 Å². The lowest BCUT2D eigenvalue weighted by Crippen LogP contribution is -2.29. The van der Waals surface area contributed by atoms with Crippen LogP contribution in [0, 0.1) is 0 Å². The molecule has 0 heterocycles. The predicted molar refractivity (Wildman–Crippen MR) is 60.6 cm³/mol. The number of hydrogen-bond donors (Lipinski definition) is 1. The van der Waals surface area contributed by atoms with Crippen LogP contribution in [-0.4, -0.2) is 20.5 Å². The molecule has 0 amide bonds. The fourth-order valence-corrected chi connectivity index (χ4v) is 1.57. The van der Waals surface area contributed by atoms with E-state index in [1.54, 1.807) is 14.2 Å². The zero-order chi connectivity index (χ0) is 11.3. The van der Waals surface area contributed by atoms with Crippen LogP contribution < -0.4 is 5.73 Å². The van der Waals surface area contributed by atoms with Crippen LogP contribution >= 0.6 is 0 Å². The third-order valence-corrected chi connectivity index (χ3v) is 2.50. The number of rotatable bonds is 5. The van der Waals surface area contributed by atoms with Crippen molar-refractivity contribution in [3.8, 4) is 0 Å². The van der Waals surface area contributed by atoms with E-state index >= 15 is 0 Å². The number of ether oxygens (including phenoxy) is 2. The number of aryl methyl sites for hydroxylation is 1. The Kier molecular flexibility index (Phi) is 4.75. The van der Waals surface area contributed by atoms with Gasteiger partial charge in [0.1, 0.15) is 0 Å². The highest BCUT2D eigenvalue weighted by Crippen LogP contribution is 2.18. The fraction of sp³-hybridized carbons (Fsp3) is 0.500. The van der Waals surface area contributed by atoms with Gasteiger partial charge in [-0.2, -0.15) is 0 Å². The van der Waals surface area contributed by atoms with Crippen molar-refractivity contribution in [2.24, 2.45) is 5.73 Å². The summed E-state index contributed by atoms with van der Waals surface area (Å²) in [6.45, 7) is 2.12. The van der Waals surface area contributed by atoms with E-state index in [0.717, 1.165) is 12.0 Å². The zero-order valence-electron chi connectivity index (χ0n) is 9.57. The molecule has 2 N–H and O–H groups in total. The molecule has 0 radical (unpaired) electrons. The second-order valence-corrected chi connectivity index (χ2v) is 3.46. The first-order valence-electron chi connectivity index (χ1n) is 5.13. The van der Waals surface area contributed by atoms with Gasteiger partial charge in [-0.15, -0.1) is 0 Å². The molecule has 1 atom stereocenters. The molecule has 1 aromatic carbocycles. The third-order valence-electron chi connectivity index (χ3n) is 2.50.